The van der Waals surface area contributed by atoms with Crippen molar-refractivity contribution in [2.45, 2.75) is 84.5 Å². The second-order valence-corrected chi connectivity index (χ2v) is 8.01. The highest BCUT2D eigenvalue weighted by atomic mass is 32.2. The van der Waals surface area contributed by atoms with Crippen LogP contribution in [0.1, 0.15) is 84.5 Å². The minimum Gasteiger partial charge on any atom is -0.387 e. The van der Waals surface area contributed by atoms with Gasteiger partial charge in [0.05, 0.1) is 0 Å². The summed E-state index contributed by atoms with van der Waals surface area (Å²) in [5.74, 6) is 2.94. The number of hydrogen-bond donors (Lipinski definition) is 1. The van der Waals surface area contributed by atoms with Crippen LogP contribution < -0.4 is 5.32 Å². The van der Waals surface area contributed by atoms with Gasteiger partial charge in [-0.15, -0.1) is 11.8 Å². The molecule has 0 amide bonds. The van der Waals surface area contributed by atoms with Crippen molar-refractivity contribution in [3.8, 4) is 0 Å². The maximum absolute atomic E-state index is 3.84. The summed E-state index contributed by atoms with van der Waals surface area (Å²) >= 11 is 2.19. The Morgan fingerprint density at radius 3 is 2.24 bits per heavy atom. The zero-order valence-corrected chi connectivity index (χ0v) is 15.1. The van der Waals surface area contributed by atoms with Crippen LogP contribution in [-0.2, 0) is 0 Å². The van der Waals surface area contributed by atoms with Gasteiger partial charge in [-0.2, -0.15) is 0 Å². The second kappa shape index (κ2) is 9.82. The Morgan fingerprint density at radius 1 is 0.905 bits per heavy atom. The summed E-state index contributed by atoms with van der Waals surface area (Å²) in [5.41, 5.74) is 1.67. The van der Waals surface area contributed by atoms with Crippen molar-refractivity contribution in [2.24, 2.45) is 11.8 Å². The van der Waals surface area contributed by atoms with Crippen molar-refractivity contribution < 1.29 is 0 Å². The SMILES string of the molecule is CCCC1CCCCCCCC(CCC)C2=C1NCCS2. The number of nitrogens with one attached hydrogen (secondary N) is 1. The largest absolute Gasteiger partial charge is 0.387 e. The molecule has 0 fully saturated rings. The van der Waals surface area contributed by atoms with Gasteiger partial charge in [0.1, 0.15) is 0 Å². The van der Waals surface area contributed by atoms with Crippen LogP contribution in [0.15, 0.2) is 10.6 Å². The van der Waals surface area contributed by atoms with E-state index in [1.807, 2.05) is 0 Å². The van der Waals surface area contributed by atoms with Crippen molar-refractivity contribution in [1.29, 1.82) is 0 Å². The quantitative estimate of drug-likeness (QED) is 0.672. The van der Waals surface area contributed by atoms with Gasteiger partial charge in [-0.25, -0.2) is 0 Å². The molecular formula is C19H35NS. The van der Waals surface area contributed by atoms with Gasteiger partial charge in [0.2, 0.25) is 0 Å². The lowest BCUT2D eigenvalue weighted by atomic mass is 9.89. The first-order chi connectivity index (χ1) is 10.4. The topological polar surface area (TPSA) is 12.0 Å². The monoisotopic (exact) mass is 309 g/mol. The van der Waals surface area contributed by atoms with Crippen LogP contribution in [-0.4, -0.2) is 12.3 Å². The van der Waals surface area contributed by atoms with Gasteiger partial charge in [0, 0.05) is 22.9 Å². The second-order valence-electron chi connectivity index (χ2n) is 6.87. The van der Waals surface area contributed by atoms with Gasteiger partial charge in [0.15, 0.2) is 0 Å². The van der Waals surface area contributed by atoms with Gasteiger partial charge in [-0.3, -0.25) is 0 Å². The molecule has 0 saturated carbocycles. The van der Waals surface area contributed by atoms with Gasteiger partial charge in [0.25, 0.3) is 0 Å². The van der Waals surface area contributed by atoms with E-state index in [9.17, 15) is 0 Å². The molecule has 2 heteroatoms. The highest BCUT2D eigenvalue weighted by Gasteiger charge is 2.26. The van der Waals surface area contributed by atoms with E-state index in [2.05, 4.69) is 30.9 Å². The molecule has 2 atom stereocenters. The lowest BCUT2D eigenvalue weighted by Crippen LogP contribution is -2.29. The molecule has 2 rings (SSSR count). The summed E-state index contributed by atoms with van der Waals surface area (Å²) in [6.07, 6.45) is 15.5. The molecule has 0 bridgehead atoms. The molecule has 0 spiro atoms. The molecule has 1 aliphatic heterocycles. The van der Waals surface area contributed by atoms with Crippen molar-refractivity contribution in [2.75, 3.05) is 12.3 Å². The summed E-state index contributed by atoms with van der Waals surface area (Å²) in [6.45, 7) is 5.89. The van der Waals surface area contributed by atoms with Crippen LogP contribution in [0.5, 0.6) is 0 Å². The molecule has 21 heavy (non-hydrogen) atoms. The molecule has 0 aromatic heterocycles. The zero-order chi connectivity index (χ0) is 14.9. The molecule has 2 unspecified atom stereocenters. The molecule has 1 N–H and O–H groups in total. The lowest BCUT2D eigenvalue weighted by molar-refractivity contribution is 0.446. The maximum Gasteiger partial charge on any atom is 0.0238 e. The zero-order valence-electron chi connectivity index (χ0n) is 14.3. The fraction of sp³-hybridized carbons (Fsp3) is 0.895. The summed E-state index contributed by atoms with van der Waals surface area (Å²) in [6, 6.07) is 0. The molecule has 1 heterocycles. The standard InChI is InChI=1S/C19H35NS/c1-3-10-16-12-8-6-5-7-9-13-17(11-4-2)19-18(16)20-14-15-21-19/h16-17,20H,3-15H2,1-2H3. The third-order valence-corrected chi connectivity index (χ3v) is 6.37. The Hall–Kier alpha value is -0.110. The smallest absolute Gasteiger partial charge is 0.0238 e. The van der Waals surface area contributed by atoms with E-state index in [4.69, 9.17) is 0 Å². The van der Waals surface area contributed by atoms with Gasteiger partial charge < -0.3 is 5.32 Å². The average Bonchev–Trinajstić information content (AvgIpc) is 2.54. The fourth-order valence-corrected chi connectivity index (χ4v) is 5.33. The lowest BCUT2D eigenvalue weighted by Gasteiger charge is -2.32. The molecule has 2 aliphatic rings. The normalized spacial score (nSPS) is 28.5. The van der Waals surface area contributed by atoms with Crippen molar-refractivity contribution in [3.63, 3.8) is 0 Å². The summed E-state index contributed by atoms with van der Waals surface area (Å²) in [4.78, 5) is 1.77. The predicted molar refractivity (Wildman–Crippen MR) is 96.6 cm³/mol. The number of allylic oxidation sites excluding steroid dienone is 2. The maximum atomic E-state index is 3.84. The highest BCUT2D eigenvalue weighted by molar-refractivity contribution is 8.03. The number of hydrogen-bond acceptors (Lipinski definition) is 2. The van der Waals surface area contributed by atoms with Crippen LogP contribution >= 0.6 is 11.8 Å². The van der Waals surface area contributed by atoms with Crippen LogP contribution in [0.3, 0.4) is 0 Å². The van der Waals surface area contributed by atoms with E-state index < -0.39 is 0 Å². The van der Waals surface area contributed by atoms with Crippen molar-refractivity contribution in [1.82, 2.24) is 5.32 Å². The Morgan fingerprint density at radius 2 is 1.52 bits per heavy atom. The van der Waals surface area contributed by atoms with Crippen LogP contribution in [0, 0.1) is 11.8 Å². The molecule has 1 aliphatic carbocycles. The molecular weight excluding hydrogens is 274 g/mol. The Kier molecular flexibility index (Phi) is 8.06. The van der Waals surface area contributed by atoms with Crippen molar-refractivity contribution in [3.05, 3.63) is 10.6 Å². The van der Waals surface area contributed by atoms with Crippen molar-refractivity contribution >= 4 is 11.8 Å². The molecule has 122 valence electrons. The fourth-order valence-electron chi connectivity index (χ4n) is 4.04. The number of thioether (sulfide) groups is 1. The summed E-state index contributed by atoms with van der Waals surface area (Å²) in [7, 11) is 0. The minimum atomic E-state index is 0.815. The number of rotatable bonds is 4. The first kappa shape index (κ1) is 17.2. The first-order valence-electron chi connectivity index (χ1n) is 9.47. The summed E-state index contributed by atoms with van der Waals surface area (Å²) < 4.78 is 0. The Balaban J connectivity index is 2.23. The first-order valence-corrected chi connectivity index (χ1v) is 10.5. The highest BCUT2D eigenvalue weighted by Crippen LogP contribution is 2.40. The Labute approximate surface area is 136 Å². The molecule has 0 aromatic carbocycles. The van der Waals surface area contributed by atoms with E-state index >= 15 is 0 Å². The Bertz CT molecular complexity index is 294. The van der Waals surface area contributed by atoms with Crippen LogP contribution in [0.4, 0.5) is 0 Å². The third kappa shape index (κ3) is 5.23. The van der Waals surface area contributed by atoms with Gasteiger partial charge >= 0.3 is 0 Å². The van der Waals surface area contributed by atoms with Gasteiger partial charge in [-0.1, -0.05) is 58.8 Å². The van der Waals surface area contributed by atoms with E-state index in [-0.39, 0.29) is 0 Å². The molecule has 0 saturated heterocycles. The minimum absolute atomic E-state index is 0.815. The molecule has 0 radical (unpaired) electrons. The van der Waals surface area contributed by atoms with E-state index in [1.165, 1.54) is 82.9 Å². The van der Waals surface area contributed by atoms with E-state index in [0.717, 1.165) is 11.8 Å². The third-order valence-electron chi connectivity index (χ3n) is 5.10. The molecule has 1 nitrogen and oxygen atoms in total. The molecule has 0 aromatic rings. The predicted octanol–water partition coefficient (Wildman–Crippen LogP) is 6.11. The van der Waals surface area contributed by atoms with E-state index in [0.29, 0.717) is 0 Å². The van der Waals surface area contributed by atoms with Gasteiger partial charge in [-0.05, 0) is 37.5 Å². The average molecular weight is 310 g/mol. The van der Waals surface area contributed by atoms with Crippen LogP contribution in [0.2, 0.25) is 0 Å². The van der Waals surface area contributed by atoms with Crippen LogP contribution in [0.25, 0.3) is 0 Å². The summed E-state index contributed by atoms with van der Waals surface area (Å²) in [5, 5.41) is 3.84. The van der Waals surface area contributed by atoms with E-state index in [1.54, 1.807) is 10.6 Å².